The van der Waals surface area contributed by atoms with Crippen molar-refractivity contribution in [1.29, 1.82) is 0 Å². The Morgan fingerprint density at radius 1 is 1.53 bits per heavy atom. The van der Waals surface area contributed by atoms with E-state index in [9.17, 15) is 0 Å². The summed E-state index contributed by atoms with van der Waals surface area (Å²) in [4.78, 5) is 6.56. The summed E-state index contributed by atoms with van der Waals surface area (Å²) in [5, 5.41) is 3.11. The summed E-state index contributed by atoms with van der Waals surface area (Å²) in [6, 6.07) is 4.19. The molecule has 0 fully saturated rings. The number of hydrogen-bond acceptors (Lipinski definition) is 4. The van der Waals surface area contributed by atoms with E-state index in [-0.39, 0.29) is 0 Å². The van der Waals surface area contributed by atoms with Gasteiger partial charge in [0.2, 0.25) is 0 Å². The number of rotatable bonds is 6. The van der Waals surface area contributed by atoms with Crippen molar-refractivity contribution in [2.75, 3.05) is 37.5 Å². The van der Waals surface area contributed by atoms with Gasteiger partial charge in [0, 0.05) is 37.8 Å². The van der Waals surface area contributed by atoms with Crippen LogP contribution in [0.5, 0.6) is 0 Å². The highest BCUT2D eigenvalue weighted by molar-refractivity contribution is 7.98. The molecule has 1 aromatic heterocycles. The van der Waals surface area contributed by atoms with E-state index >= 15 is 0 Å². The van der Waals surface area contributed by atoms with Crippen LogP contribution in [0.2, 0.25) is 0 Å². The molecule has 0 aliphatic heterocycles. The largest absolute Gasteiger partial charge is 0.374 e. The van der Waals surface area contributed by atoms with E-state index in [1.54, 1.807) is 0 Å². The number of nitrogens with zero attached hydrogens (tertiary/aromatic N) is 2. The van der Waals surface area contributed by atoms with Gasteiger partial charge in [-0.1, -0.05) is 0 Å². The Balaban J connectivity index is 2.62. The van der Waals surface area contributed by atoms with E-state index in [1.807, 2.05) is 25.0 Å². The average molecular weight is 225 g/mol. The highest BCUT2D eigenvalue weighted by Gasteiger charge is 2.01. The van der Waals surface area contributed by atoms with Crippen LogP contribution in [0, 0.1) is 0 Å². The normalized spacial score (nSPS) is 10.3. The van der Waals surface area contributed by atoms with E-state index in [4.69, 9.17) is 0 Å². The molecule has 3 nitrogen and oxygen atoms in total. The van der Waals surface area contributed by atoms with Gasteiger partial charge in [0.15, 0.2) is 0 Å². The monoisotopic (exact) mass is 225 g/mol. The molecule has 0 aromatic carbocycles. The zero-order valence-electron chi connectivity index (χ0n) is 9.66. The molecule has 0 amide bonds. The van der Waals surface area contributed by atoms with Gasteiger partial charge in [-0.15, -0.1) is 0 Å². The van der Waals surface area contributed by atoms with Gasteiger partial charge in [0.05, 0.1) is 5.69 Å². The van der Waals surface area contributed by atoms with Crippen molar-refractivity contribution in [3.8, 4) is 0 Å². The van der Waals surface area contributed by atoms with Crippen molar-refractivity contribution in [2.45, 2.75) is 6.54 Å². The van der Waals surface area contributed by atoms with Gasteiger partial charge in [-0.05, 0) is 25.4 Å². The number of nitrogens with one attached hydrogen (secondary N) is 1. The van der Waals surface area contributed by atoms with Crippen molar-refractivity contribution < 1.29 is 0 Å². The highest BCUT2D eigenvalue weighted by Crippen LogP contribution is 2.13. The molecule has 0 saturated heterocycles. The zero-order chi connectivity index (χ0) is 11.1. The fourth-order valence-electron chi connectivity index (χ4n) is 1.34. The second kappa shape index (κ2) is 6.69. The highest BCUT2D eigenvalue weighted by atomic mass is 32.2. The van der Waals surface area contributed by atoms with Crippen molar-refractivity contribution >= 4 is 17.4 Å². The Labute approximate surface area is 96.3 Å². The van der Waals surface area contributed by atoms with Crippen LogP contribution < -0.4 is 10.2 Å². The lowest BCUT2D eigenvalue weighted by Gasteiger charge is -2.19. The molecular weight excluding hydrogens is 206 g/mol. The Morgan fingerprint density at radius 3 is 3.00 bits per heavy atom. The molecule has 0 bridgehead atoms. The third-order valence-corrected chi connectivity index (χ3v) is 2.82. The average Bonchev–Trinajstić information content (AvgIpc) is 2.27. The summed E-state index contributed by atoms with van der Waals surface area (Å²) < 4.78 is 0. The third kappa shape index (κ3) is 4.10. The number of anilines is 1. The van der Waals surface area contributed by atoms with Crippen LogP contribution in [0.15, 0.2) is 18.3 Å². The maximum atomic E-state index is 4.30. The molecule has 0 unspecified atom stereocenters. The first kappa shape index (κ1) is 12.3. The second-order valence-corrected chi connectivity index (χ2v) is 4.44. The van der Waals surface area contributed by atoms with Gasteiger partial charge < -0.3 is 10.2 Å². The quantitative estimate of drug-likeness (QED) is 0.796. The first-order valence-electron chi connectivity index (χ1n) is 5.07. The van der Waals surface area contributed by atoms with Gasteiger partial charge in [-0.3, -0.25) is 4.98 Å². The summed E-state index contributed by atoms with van der Waals surface area (Å²) in [6.07, 6.45) is 4.00. The second-order valence-electron chi connectivity index (χ2n) is 3.45. The van der Waals surface area contributed by atoms with E-state index < -0.39 is 0 Å². The molecule has 4 heteroatoms. The number of pyridine rings is 1. The summed E-state index contributed by atoms with van der Waals surface area (Å²) in [7, 11) is 4.06. The Morgan fingerprint density at radius 2 is 2.33 bits per heavy atom. The Kier molecular flexibility index (Phi) is 5.50. The minimum atomic E-state index is 0.824. The van der Waals surface area contributed by atoms with E-state index in [0.29, 0.717) is 0 Å². The minimum absolute atomic E-state index is 0.824. The summed E-state index contributed by atoms with van der Waals surface area (Å²) in [5.41, 5.74) is 2.33. The lowest BCUT2D eigenvalue weighted by atomic mass is 10.3. The van der Waals surface area contributed by atoms with Gasteiger partial charge >= 0.3 is 0 Å². The number of hydrogen-bond donors (Lipinski definition) is 1. The van der Waals surface area contributed by atoms with E-state index in [2.05, 4.69) is 40.6 Å². The molecule has 0 spiro atoms. The summed E-state index contributed by atoms with van der Waals surface area (Å²) in [5.74, 6) is 1.15. The van der Waals surface area contributed by atoms with Gasteiger partial charge in [-0.25, -0.2) is 0 Å². The molecule has 1 aromatic rings. The molecule has 0 atom stereocenters. The lowest BCUT2D eigenvalue weighted by molar-refractivity contribution is 0.789. The zero-order valence-corrected chi connectivity index (χ0v) is 10.5. The van der Waals surface area contributed by atoms with E-state index in [0.717, 1.165) is 24.5 Å². The number of aromatic nitrogens is 1. The topological polar surface area (TPSA) is 28.2 Å². The molecule has 84 valence electrons. The van der Waals surface area contributed by atoms with Gasteiger partial charge in [0.1, 0.15) is 0 Å². The molecular formula is C11H19N3S. The van der Waals surface area contributed by atoms with Crippen LogP contribution in [0.3, 0.4) is 0 Å². The van der Waals surface area contributed by atoms with Crippen LogP contribution in [0.4, 0.5) is 5.69 Å². The maximum absolute atomic E-state index is 4.30. The molecule has 0 aliphatic rings. The van der Waals surface area contributed by atoms with Crippen LogP contribution in [-0.2, 0) is 6.54 Å². The van der Waals surface area contributed by atoms with Crippen LogP contribution in [-0.4, -0.2) is 37.6 Å². The SMILES string of the molecule is CNCc1cc(N(C)CCSC)ccn1. The van der Waals surface area contributed by atoms with Crippen molar-refractivity contribution in [3.63, 3.8) is 0 Å². The third-order valence-electron chi connectivity index (χ3n) is 2.23. The predicted molar refractivity (Wildman–Crippen MR) is 68.7 cm³/mol. The van der Waals surface area contributed by atoms with Crippen molar-refractivity contribution in [3.05, 3.63) is 24.0 Å². The molecule has 0 saturated carbocycles. The molecule has 1 rings (SSSR count). The van der Waals surface area contributed by atoms with Crippen LogP contribution in [0.25, 0.3) is 0 Å². The molecule has 0 aliphatic carbocycles. The van der Waals surface area contributed by atoms with Crippen LogP contribution in [0.1, 0.15) is 5.69 Å². The fraction of sp³-hybridized carbons (Fsp3) is 0.545. The molecule has 0 radical (unpaired) electrons. The first-order chi connectivity index (χ1) is 7.27. The van der Waals surface area contributed by atoms with Crippen molar-refractivity contribution in [1.82, 2.24) is 10.3 Å². The molecule has 1 heterocycles. The lowest BCUT2D eigenvalue weighted by Crippen LogP contribution is -2.20. The Bertz CT molecular complexity index is 291. The van der Waals surface area contributed by atoms with Gasteiger partial charge in [0.25, 0.3) is 0 Å². The first-order valence-corrected chi connectivity index (χ1v) is 6.47. The maximum Gasteiger partial charge on any atom is 0.0562 e. The Hall–Kier alpha value is -0.740. The van der Waals surface area contributed by atoms with Crippen molar-refractivity contribution in [2.24, 2.45) is 0 Å². The molecule has 15 heavy (non-hydrogen) atoms. The fourth-order valence-corrected chi connectivity index (χ4v) is 1.79. The number of thioether (sulfide) groups is 1. The summed E-state index contributed by atoms with van der Waals surface area (Å²) >= 11 is 1.87. The minimum Gasteiger partial charge on any atom is -0.374 e. The smallest absolute Gasteiger partial charge is 0.0562 e. The molecule has 1 N–H and O–H groups in total. The summed E-state index contributed by atoms with van der Waals surface area (Å²) in [6.45, 7) is 1.90. The van der Waals surface area contributed by atoms with E-state index in [1.165, 1.54) is 5.69 Å². The standard InChI is InChI=1S/C11H19N3S/c1-12-9-10-8-11(4-5-13-10)14(2)6-7-15-3/h4-5,8,12H,6-7,9H2,1-3H3. The van der Waals surface area contributed by atoms with Crippen LogP contribution >= 0.6 is 11.8 Å². The van der Waals surface area contributed by atoms with Gasteiger partial charge in [-0.2, -0.15) is 11.8 Å². The predicted octanol–water partition coefficient (Wildman–Crippen LogP) is 1.60.